The molecule has 0 saturated heterocycles. The number of alkyl halides is 1. The molecular formula is C19H19BrO3S. The first kappa shape index (κ1) is 18.6. The van der Waals surface area contributed by atoms with Crippen LogP contribution in [-0.2, 0) is 4.74 Å². The first-order valence-electron chi connectivity index (χ1n) is 7.37. The van der Waals surface area contributed by atoms with Gasteiger partial charge in [-0.3, -0.25) is 0 Å². The van der Waals surface area contributed by atoms with E-state index in [-0.39, 0.29) is 5.97 Å². The molecule has 0 radical (unpaired) electrons. The van der Waals surface area contributed by atoms with Crippen LogP contribution in [0, 0.1) is 0 Å². The van der Waals surface area contributed by atoms with Gasteiger partial charge in [-0.2, -0.15) is 0 Å². The van der Waals surface area contributed by atoms with E-state index >= 15 is 0 Å². The molecule has 0 aromatic heterocycles. The molecule has 5 heteroatoms. The largest absolute Gasteiger partial charge is 0.497 e. The topological polar surface area (TPSA) is 35.5 Å². The van der Waals surface area contributed by atoms with E-state index < -0.39 is 0 Å². The normalized spacial score (nSPS) is 11.2. The van der Waals surface area contributed by atoms with Crippen molar-refractivity contribution in [2.24, 2.45) is 0 Å². The summed E-state index contributed by atoms with van der Waals surface area (Å²) in [5.41, 5.74) is 2.87. The predicted molar refractivity (Wildman–Crippen MR) is 103 cm³/mol. The highest BCUT2D eigenvalue weighted by atomic mass is 79.9. The van der Waals surface area contributed by atoms with Gasteiger partial charge in [0.15, 0.2) is 0 Å². The van der Waals surface area contributed by atoms with Crippen molar-refractivity contribution in [2.75, 3.05) is 25.3 Å². The summed E-state index contributed by atoms with van der Waals surface area (Å²) in [4.78, 5) is 12.6. The molecule has 0 saturated carbocycles. The van der Waals surface area contributed by atoms with Crippen LogP contribution in [0.2, 0.25) is 0 Å². The average molecular weight is 407 g/mol. The molecule has 0 spiro atoms. The quantitative estimate of drug-likeness (QED) is 0.366. The van der Waals surface area contributed by atoms with Crippen LogP contribution in [0.1, 0.15) is 15.9 Å². The van der Waals surface area contributed by atoms with Gasteiger partial charge in [0.2, 0.25) is 0 Å². The maximum atomic E-state index is 11.5. The van der Waals surface area contributed by atoms with Crippen LogP contribution in [0.4, 0.5) is 0 Å². The number of carbonyl (C=O) groups is 1. The Kier molecular flexibility index (Phi) is 7.40. The Labute approximate surface area is 155 Å². The van der Waals surface area contributed by atoms with Gasteiger partial charge in [0.1, 0.15) is 5.75 Å². The van der Waals surface area contributed by atoms with Gasteiger partial charge < -0.3 is 9.47 Å². The van der Waals surface area contributed by atoms with E-state index in [9.17, 15) is 4.79 Å². The van der Waals surface area contributed by atoms with Crippen molar-refractivity contribution in [3.05, 3.63) is 65.2 Å². The number of halogens is 1. The van der Waals surface area contributed by atoms with Gasteiger partial charge in [-0.25, -0.2) is 4.79 Å². The lowest BCUT2D eigenvalue weighted by Gasteiger charge is -2.07. The second-order valence-corrected chi connectivity index (χ2v) is 6.63. The standard InChI is InChI=1S/C19H19BrO3S/c1-22-17-4-3-5-18(11-17)24-13-15(12-20)10-14-6-8-16(9-7-14)19(21)23-2/h3-11H,12-13H2,1-2H3. The Bertz CT molecular complexity index is 711. The third-order valence-electron chi connectivity index (χ3n) is 3.34. The Balaban J connectivity index is 2.04. The molecule has 0 amide bonds. The van der Waals surface area contributed by atoms with Crippen LogP contribution in [0.3, 0.4) is 0 Å². The van der Waals surface area contributed by atoms with Gasteiger partial charge in [0.05, 0.1) is 19.8 Å². The van der Waals surface area contributed by atoms with Gasteiger partial charge in [0.25, 0.3) is 0 Å². The second-order valence-electron chi connectivity index (χ2n) is 5.02. The van der Waals surface area contributed by atoms with Crippen LogP contribution in [0.15, 0.2) is 59.0 Å². The Morgan fingerprint density at radius 3 is 2.54 bits per heavy atom. The van der Waals surface area contributed by atoms with E-state index in [4.69, 9.17) is 9.47 Å². The molecule has 2 aromatic rings. The number of hydrogen-bond acceptors (Lipinski definition) is 4. The second kappa shape index (κ2) is 9.55. The molecule has 2 aromatic carbocycles. The van der Waals surface area contributed by atoms with E-state index in [2.05, 4.69) is 28.1 Å². The number of benzene rings is 2. The summed E-state index contributed by atoms with van der Waals surface area (Å²) in [6, 6.07) is 15.4. The summed E-state index contributed by atoms with van der Waals surface area (Å²) in [5.74, 6) is 1.42. The highest BCUT2D eigenvalue weighted by Crippen LogP contribution is 2.26. The molecule has 0 heterocycles. The van der Waals surface area contributed by atoms with Gasteiger partial charge in [-0.15, -0.1) is 11.8 Å². The number of rotatable bonds is 7. The Morgan fingerprint density at radius 1 is 1.17 bits per heavy atom. The van der Waals surface area contributed by atoms with E-state index in [1.54, 1.807) is 31.0 Å². The van der Waals surface area contributed by atoms with Crippen LogP contribution in [0.5, 0.6) is 5.75 Å². The number of methoxy groups -OCH3 is 2. The summed E-state index contributed by atoms with van der Waals surface area (Å²) < 4.78 is 9.96. The Hall–Kier alpha value is -1.72. The number of carbonyl (C=O) groups excluding carboxylic acids is 1. The molecule has 0 unspecified atom stereocenters. The minimum absolute atomic E-state index is 0.320. The van der Waals surface area contributed by atoms with Gasteiger partial charge in [-0.05, 0) is 41.5 Å². The molecule has 0 atom stereocenters. The van der Waals surface area contributed by atoms with Crippen molar-refractivity contribution in [1.29, 1.82) is 0 Å². The minimum Gasteiger partial charge on any atom is -0.497 e. The van der Waals surface area contributed by atoms with Crippen molar-refractivity contribution in [3.63, 3.8) is 0 Å². The lowest BCUT2D eigenvalue weighted by Crippen LogP contribution is -2.00. The van der Waals surface area contributed by atoms with Crippen LogP contribution in [-0.4, -0.2) is 31.3 Å². The first-order chi connectivity index (χ1) is 11.7. The monoisotopic (exact) mass is 406 g/mol. The number of esters is 1. The predicted octanol–water partition coefficient (Wildman–Crippen LogP) is 5.05. The SMILES string of the molecule is COC(=O)c1ccc(C=C(CBr)CSc2cccc(OC)c2)cc1. The van der Waals surface area contributed by atoms with Crippen molar-refractivity contribution >= 4 is 39.7 Å². The van der Waals surface area contributed by atoms with Crippen LogP contribution < -0.4 is 4.74 Å². The van der Waals surface area contributed by atoms with Crippen molar-refractivity contribution in [3.8, 4) is 5.75 Å². The van der Waals surface area contributed by atoms with E-state index in [0.717, 1.165) is 22.4 Å². The van der Waals surface area contributed by atoms with Gasteiger partial charge >= 0.3 is 5.97 Å². The third kappa shape index (κ3) is 5.42. The molecule has 24 heavy (non-hydrogen) atoms. The summed E-state index contributed by atoms with van der Waals surface area (Å²) in [5, 5.41) is 0.794. The molecule has 0 aliphatic carbocycles. The smallest absolute Gasteiger partial charge is 0.337 e. The molecule has 0 aliphatic rings. The molecule has 2 rings (SSSR count). The van der Waals surface area contributed by atoms with Gasteiger partial charge in [0, 0.05) is 16.0 Å². The zero-order valence-electron chi connectivity index (χ0n) is 13.6. The lowest BCUT2D eigenvalue weighted by molar-refractivity contribution is 0.0600. The van der Waals surface area contributed by atoms with Gasteiger partial charge in [-0.1, -0.05) is 40.2 Å². The summed E-state index contributed by atoms with van der Waals surface area (Å²) >= 11 is 5.30. The van der Waals surface area contributed by atoms with E-state index in [0.29, 0.717) is 5.56 Å². The minimum atomic E-state index is -0.320. The maximum Gasteiger partial charge on any atom is 0.337 e. The number of thioether (sulfide) groups is 1. The first-order valence-corrected chi connectivity index (χ1v) is 9.47. The highest BCUT2D eigenvalue weighted by Gasteiger charge is 2.05. The zero-order valence-corrected chi connectivity index (χ0v) is 16.0. The molecule has 3 nitrogen and oxygen atoms in total. The van der Waals surface area contributed by atoms with Crippen LogP contribution in [0.25, 0.3) is 6.08 Å². The average Bonchev–Trinajstić information content (AvgIpc) is 2.65. The van der Waals surface area contributed by atoms with Crippen LogP contribution >= 0.6 is 27.7 Å². The number of hydrogen-bond donors (Lipinski definition) is 0. The summed E-state index contributed by atoms with van der Waals surface area (Å²) in [6.45, 7) is 0. The fourth-order valence-electron chi connectivity index (χ4n) is 2.05. The lowest BCUT2D eigenvalue weighted by atomic mass is 10.1. The third-order valence-corrected chi connectivity index (χ3v) is 5.16. The van der Waals surface area contributed by atoms with Crippen molar-refractivity contribution in [1.82, 2.24) is 0 Å². The zero-order chi connectivity index (χ0) is 17.4. The molecule has 0 N–H and O–H groups in total. The maximum absolute atomic E-state index is 11.5. The van der Waals surface area contributed by atoms with Crippen molar-refractivity contribution < 1.29 is 14.3 Å². The van der Waals surface area contributed by atoms with E-state index in [1.165, 1.54) is 17.6 Å². The molecular weight excluding hydrogens is 388 g/mol. The molecule has 0 fully saturated rings. The molecule has 0 aliphatic heterocycles. The fourth-order valence-corrected chi connectivity index (χ4v) is 3.59. The molecule has 126 valence electrons. The Morgan fingerprint density at radius 2 is 1.92 bits per heavy atom. The van der Waals surface area contributed by atoms with Crippen molar-refractivity contribution in [2.45, 2.75) is 4.90 Å². The van der Waals surface area contributed by atoms with E-state index in [1.807, 2.05) is 30.3 Å². The summed E-state index contributed by atoms with van der Waals surface area (Å²) in [7, 11) is 3.06. The summed E-state index contributed by atoms with van der Waals surface area (Å²) in [6.07, 6.45) is 2.13. The highest BCUT2D eigenvalue weighted by molar-refractivity contribution is 9.09. The number of ether oxygens (including phenoxy) is 2. The fraction of sp³-hybridized carbons (Fsp3) is 0.211. The molecule has 0 bridgehead atoms.